The van der Waals surface area contributed by atoms with E-state index in [1.807, 2.05) is 27.7 Å². The average molecular weight is 1230 g/mol. The number of carbonyl (C=O) groups is 4. The van der Waals surface area contributed by atoms with Crippen molar-refractivity contribution in [3.8, 4) is 0 Å². The molecule has 3 saturated heterocycles. The molecule has 3 rings (SSSR count). The van der Waals surface area contributed by atoms with Gasteiger partial charge in [-0.2, -0.15) is 0 Å². The smallest absolute Gasteiger partial charge is 0.306 e. The molecule has 1 unspecified atom stereocenters. The third kappa shape index (κ3) is 30.9. The van der Waals surface area contributed by atoms with E-state index < -0.39 is 112 Å². The van der Waals surface area contributed by atoms with Gasteiger partial charge in [0.25, 0.3) is 0 Å². The van der Waals surface area contributed by atoms with Gasteiger partial charge in [-0.25, -0.2) is 0 Å². The topological polar surface area (TPSA) is 190 Å². The van der Waals surface area contributed by atoms with Gasteiger partial charge in [-0.1, -0.05) is 228 Å². The van der Waals surface area contributed by atoms with Gasteiger partial charge in [0.2, 0.25) is 6.29 Å². The molecule has 0 radical (unpaired) electrons. The number of unbranched alkanes of at least 4 members (excludes halogenated alkanes) is 28. The Morgan fingerprint density at radius 3 is 1.24 bits per heavy atom. The van der Waals surface area contributed by atoms with Crippen molar-refractivity contribution in [3.63, 3.8) is 0 Å². The molecule has 0 saturated carbocycles. The van der Waals surface area contributed by atoms with Gasteiger partial charge in [0.15, 0.2) is 44.5 Å². The first kappa shape index (κ1) is 77.0. The van der Waals surface area contributed by atoms with E-state index in [0.29, 0.717) is 25.7 Å². The molecule has 3 heterocycles. The largest absolute Gasteiger partial charge is 0.463 e. The summed E-state index contributed by atoms with van der Waals surface area (Å²) in [5, 5.41) is 12.4. The summed E-state index contributed by atoms with van der Waals surface area (Å²) in [6, 6.07) is 0. The second-order valence-corrected chi connectivity index (χ2v) is 32.1. The monoisotopic (exact) mass is 1230 g/mol. The van der Waals surface area contributed by atoms with Gasteiger partial charge in [0, 0.05) is 25.7 Å². The predicted octanol–water partition coefficient (Wildman–Crippen LogP) is 16.5. The molecule has 16 nitrogen and oxygen atoms in total. The molecular formula is C68H126O16Si. The summed E-state index contributed by atoms with van der Waals surface area (Å²) in [6.07, 6.45) is 21.6. The van der Waals surface area contributed by atoms with Crippen LogP contribution in [0.4, 0.5) is 0 Å². The minimum absolute atomic E-state index is 0.0480. The number of aliphatic hydroxyl groups excluding tert-OH is 1. The number of carbonyl (C=O) groups excluding carboxylic acids is 4. The number of esters is 4. The molecule has 498 valence electrons. The van der Waals surface area contributed by atoms with E-state index in [-0.39, 0.29) is 37.3 Å². The van der Waals surface area contributed by atoms with E-state index in [9.17, 15) is 24.3 Å². The summed E-state index contributed by atoms with van der Waals surface area (Å²) in [4.78, 5) is 55.7. The van der Waals surface area contributed by atoms with E-state index in [0.717, 1.165) is 77.0 Å². The first-order valence-corrected chi connectivity index (χ1v) is 37.5. The third-order valence-electron chi connectivity index (χ3n) is 17.4. The van der Waals surface area contributed by atoms with Crippen molar-refractivity contribution >= 4 is 32.2 Å². The lowest BCUT2D eigenvalue weighted by Crippen LogP contribution is -2.64. The van der Waals surface area contributed by atoms with Crippen LogP contribution in [-0.2, 0) is 71.0 Å². The van der Waals surface area contributed by atoms with Gasteiger partial charge in [-0.15, -0.1) is 0 Å². The molecule has 0 aromatic carbocycles. The second kappa shape index (κ2) is 42.0. The summed E-state index contributed by atoms with van der Waals surface area (Å²) < 4.78 is 70.8. The van der Waals surface area contributed by atoms with Crippen LogP contribution in [0.1, 0.15) is 307 Å². The lowest BCUT2D eigenvalue weighted by molar-refractivity contribution is -0.347. The van der Waals surface area contributed by atoms with Crippen molar-refractivity contribution < 1.29 is 76.1 Å². The highest BCUT2D eigenvalue weighted by Crippen LogP contribution is 2.43. The Labute approximate surface area is 517 Å². The van der Waals surface area contributed by atoms with Crippen molar-refractivity contribution in [2.24, 2.45) is 0 Å². The highest BCUT2D eigenvalue weighted by atomic mass is 28.4. The van der Waals surface area contributed by atoms with E-state index in [1.165, 1.54) is 103 Å². The SMILES string of the molecule is CCCCCCCCCCCCCCCC(=O)O[C@@H]1[C@H](OC(=O)CCCCCCCCCCCCCCC)[C@H](OC(O)[C@H]2OC(C)(C)O[C@H]2[C@@H]2OC(C)(C)O[C@@H]2CO[Si](C)(C)C(C)(C)C)O[C@H](COC(=O)CCCCC)[C@H]1OC(=O)CCCCC. The highest BCUT2D eigenvalue weighted by molar-refractivity contribution is 6.74. The quantitative estimate of drug-likeness (QED) is 0.0199. The summed E-state index contributed by atoms with van der Waals surface area (Å²) in [5.74, 6) is -4.55. The maximum Gasteiger partial charge on any atom is 0.306 e. The Balaban J connectivity index is 1.97. The van der Waals surface area contributed by atoms with Crippen LogP contribution in [0.3, 0.4) is 0 Å². The fourth-order valence-corrected chi connectivity index (χ4v) is 12.3. The van der Waals surface area contributed by atoms with Gasteiger partial charge in [-0.05, 0) is 71.5 Å². The standard InChI is InChI=1S/C68H126O16Si/c1-14-18-22-24-26-28-30-32-34-36-38-40-44-48-56(71)78-60-58(77-55(70)47-43-21-17-4)52(50-74-54(69)46-42-20-16-3)76-65(63(60)79-57(72)49-45-41-39-37-35-33-31-29-27-25-23-19-15-2)80-64(73)62-61(83-68(10,11)84-62)59-53(81-67(8,9)82-59)51-75-85(12,13)66(5,6)7/h52-53,58-65,73H,14-51H2,1-13H3/t52-,53-,58-,59-,60+,61+,62+,63+,64?,65+/m1/s1. The van der Waals surface area contributed by atoms with Crippen LogP contribution in [-0.4, -0.2) is 124 Å². The van der Waals surface area contributed by atoms with Crippen LogP contribution in [0.25, 0.3) is 0 Å². The van der Waals surface area contributed by atoms with Gasteiger partial charge in [0.05, 0.1) is 6.61 Å². The molecule has 0 aromatic rings. The number of rotatable bonds is 48. The lowest BCUT2D eigenvalue weighted by atomic mass is 9.97. The zero-order valence-corrected chi connectivity index (χ0v) is 57.2. The van der Waals surface area contributed by atoms with Crippen molar-refractivity contribution in [3.05, 3.63) is 0 Å². The normalized spacial score (nSPS) is 24.3. The number of hydrogen-bond donors (Lipinski definition) is 1. The van der Waals surface area contributed by atoms with Gasteiger partial charge < -0.3 is 56.9 Å². The third-order valence-corrected chi connectivity index (χ3v) is 21.9. The van der Waals surface area contributed by atoms with Gasteiger partial charge in [-0.3, -0.25) is 19.2 Å². The van der Waals surface area contributed by atoms with Crippen LogP contribution in [0.2, 0.25) is 18.1 Å². The van der Waals surface area contributed by atoms with Gasteiger partial charge >= 0.3 is 23.9 Å². The van der Waals surface area contributed by atoms with Crippen molar-refractivity contribution in [1.29, 1.82) is 0 Å². The highest BCUT2D eigenvalue weighted by Gasteiger charge is 2.59. The van der Waals surface area contributed by atoms with Crippen molar-refractivity contribution in [2.45, 2.75) is 398 Å². The van der Waals surface area contributed by atoms with Crippen LogP contribution in [0.15, 0.2) is 0 Å². The second-order valence-electron chi connectivity index (χ2n) is 27.3. The molecule has 0 aromatic heterocycles. The molecule has 17 heteroatoms. The molecule has 3 aliphatic rings. The zero-order chi connectivity index (χ0) is 62.7. The Hall–Kier alpha value is -2.22. The molecule has 0 bridgehead atoms. The predicted molar refractivity (Wildman–Crippen MR) is 336 cm³/mol. The summed E-state index contributed by atoms with van der Waals surface area (Å²) >= 11 is 0. The Morgan fingerprint density at radius 1 is 0.447 bits per heavy atom. The van der Waals surface area contributed by atoms with Crippen LogP contribution in [0.5, 0.6) is 0 Å². The Kier molecular flexibility index (Phi) is 38.0. The first-order valence-electron chi connectivity index (χ1n) is 34.6. The van der Waals surface area contributed by atoms with Gasteiger partial charge in [0.1, 0.15) is 37.1 Å². The Morgan fingerprint density at radius 2 is 0.800 bits per heavy atom. The first-order chi connectivity index (χ1) is 40.5. The molecule has 3 aliphatic heterocycles. The van der Waals surface area contributed by atoms with E-state index in [2.05, 4.69) is 47.7 Å². The van der Waals surface area contributed by atoms with E-state index in [4.69, 9.17) is 51.8 Å². The molecule has 0 amide bonds. The van der Waals surface area contributed by atoms with Crippen LogP contribution < -0.4 is 0 Å². The molecule has 0 spiro atoms. The van der Waals surface area contributed by atoms with Crippen LogP contribution in [0, 0.1) is 0 Å². The molecule has 0 aliphatic carbocycles. The molecular weight excluding hydrogens is 1100 g/mol. The number of ether oxygens (including phenoxy) is 10. The summed E-state index contributed by atoms with van der Waals surface area (Å²) in [5.41, 5.74) is 0. The number of hydrogen-bond acceptors (Lipinski definition) is 16. The molecule has 1 N–H and O–H groups in total. The maximum absolute atomic E-state index is 14.3. The molecule has 10 atom stereocenters. The zero-order valence-electron chi connectivity index (χ0n) is 56.2. The molecule has 3 fully saturated rings. The van der Waals surface area contributed by atoms with E-state index >= 15 is 0 Å². The summed E-state index contributed by atoms with van der Waals surface area (Å²) in [7, 11) is -2.27. The minimum Gasteiger partial charge on any atom is -0.463 e. The van der Waals surface area contributed by atoms with E-state index in [1.54, 1.807) is 13.8 Å². The Bertz CT molecular complexity index is 1800. The lowest BCUT2D eigenvalue weighted by Gasteiger charge is -2.45. The van der Waals surface area contributed by atoms with Crippen molar-refractivity contribution in [2.75, 3.05) is 13.2 Å². The van der Waals surface area contributed by atoms with Crippen molar-refractivity contribution in [1.82, 2.24) is 0 Å². The maximum atomic E-state index is 14.3. The number of aliphatic hydroxyl groups is 1. The fraction of sp³-hybridized carbons (Fsp3) is 0.941. The fourth-order valence-electron chi connectivity index (χ4n) is 11.3. The van der Waals surface area contributed by atoms with Crippen LogP contribution >= 0.6 is 0 Å². The average Bonchev–Trinajstić information content (AvgIpc) is 2.24. The summed E-state index contributed by atoms with van der Waals surface area (Å²) in [6.45, 7) is 26.2. The molecule has 85 heavy (non-hydrogen) atoms. The minimum atomic E-state index is -2.27.